The Morgan fingerprint density at radius 1 is 1.44 bits per heavy atom. The van der Waals surface area contributed by atoms with E-state index in [0.29, 0.717) is 0 Å². The highest BCUT2D eigenvalue weighted by atomic mass is 79.9. The van der Waals surface area contributed by atoms with Gasteiger partial charge in [0.25, 0.3) is 0 Å². The topological polar surface area (TPSA) is 29.3 Å². The van der Waals surface area contributed by atoms with Crippen molar-refractivity contribution in [3.8, 4) is 0 Å². The van der Waals surface area contributed by atoms with E-state index in [9.17, 15) is 0 Å². The summed E-state index contributed by atoms with van der Waals surface area (Å²) in [6.07, 6.45) is 2.36. The normalized spacial score (nSPS) is 22.5. The number of anilines is 1. The maximum absolute atomic E-state index is 5.70. The van der Waals surface area contributed by atoms with E-state index >= 15 is 0 Å². The maximum atomic E-state index is 5.70. The molecule has 1 fully saturated rings. The third kappa shape index (κ3) is 2.72. The summed E-state index contributed by atoms with van der Waals surface area (Å²) in [7, 11) is 0. The lowest BCUT2D eigenvalue weighted by atomic mass is 9.94. The van der Waals surface area contributed by atoms with Gasteiger partial charge >= 0.3 is 0 Å². The minimum Gasteiger partial charge on any atom is -0.365 e. The first-order valence-corrected chi connectivity index (χ1v) is 7.47. The minimum absolute atomic E-state index is 0.220. The number of benzene rings is 1. The van der Waals surface area contributed by atoms with Gasteiger partial charge in [-0.05, 0) is 79.7 Å². The quantitative estimate of drug-likeness (QED) is 0.922. The van der Waals surface area contributed by atoms with Crippen molar-refractivity contribution in [2.75, 3.05) is 18.0 Å². The van der Waals surface area contributed by atoms with E-state index in [1.807, 2.05) is 0 Å². The van der Waals surface area contributed by atoms with Gasteiger partial charge in [0.05, 0.1) is 5.69 Å². The largest absolute Gasteiger partial charge is 0.365 e. The molecule has 0 radical (unpaired) electrons. The maximum Gasteiger partial charge on any atom is 0.0515 e. The average molecular weight is 311 g/mol. The van der Waals surface area contributed by atoms with Crippen LogP contribution in [0.25, 0.3) is 0 Å². The van der Waals surface area contributed by atoms with Gasteiger partial charge in [-0.3, -0.25) is 0 Å². The van der Waals surface area contributed by atoms with E-state index in [2.05, 4.69) is 59.8 Å². The average Bonchev–Trinajstić information content (AvgIpc) is 2.54. The van der Waals surface area contributed by atoms with E-state index in [0.717, 1.165) is 25.4 Å². The predicted octanol–water partition coefficient (Wildman–Crippen LogP) is 3.71. The molecule has 2 N–H and O–H groups in total. The van der Waals surface area contributed by atoms with Crippen molar-refractivity contribution in [3.63, 3.8) is 0 Å². The molecule has 0 aromatic heterocycles. The van der Waals surface area contributed by atoms with Crippen molar-refractivity contribution >= 4 is 21.6 Å². The van der Waals surface area contributed by atoms with Crippen LogP contribution in [0.3, 0.4) is 0 Å². The third-order valence-electron chi connectivity index (χ3n) is 3.93. The Balaban J connectivity index is 2.26. The molecule has 0 aliphatic carbocycles. The van der Waals surface area contributed by atoms with E-state index in [4.69, 9.17) is 5.73 Å². The van der Waals surface area contributed by atoms with Crippen LogP contribution in [0, 0.1) is 12.8 Å². The first kappa shape index (κ1) is 13.9. The van der Waals surface area contributed by atoms with Crippen molar-refractivity contribution in [1.82, 2.24) is 0 Å². The molecule has 1 aromatic carbocycles. The summed E-state index contributed by atoms with van der Waals surface area (Å²) in [6, 6.07) is 6.61. The molecule has 0 spiro atoms. The zero-order valence-electron chi connectivity index (χ0n) is 11.5. The lowest BCUT2D eigenvalue weighted by Crippen LogP contribution is -2.38. The van der Waals surface area contributed by atoms with Crippen LogP contribution >= 0.6 is 15.9 Å². The van der Waals surface area contributed by atoms with E-state index in [1.54, 1.807) is 0 Å². The van der Waals surface area contributed by atoms with Crippen molar-refractivity contribution in [1.29, 1.82) is 0 Å². The van der Waals surface area contributed by atoms with Gasteiger partial charge in [0, 0.05) is 16.6 Å². The van der Waals surface area contributed by atoms with Gasteiger partial charge < -0.3 is 10.6 Å². The standard InChI is InChI=1S/C15H23BrN2/c1-11-4-5-14(13(16)8-11)18-10-12(6-7-17)9-15(18,2)3/h4-5,8,12H,6-7,9-10,17H2,1-3H3. The summed E-state index contributed by atoms with van der Waals surface area (Å²) in [5.41, 5.74) is 8.53. The molecule has 1 saturated heterocycles. The molecule has 0 bridgehead atoms. The SMILES string of the molecule is Cc1ccc(N2CC(CCN)CC2(C)C)c(Br)c1. The van der Waals surface area contributed by atoms with Crippen LogP contribution in [0.1, 0.15) is 32.3 Å². The number of hydrogen-bond donors (Lipinski definition) is 1. The first-order valence-electron chi connectivity index (χ1n) is 6.68. The van der Waals surface area contributed by atoms with Crippen molar-refractivity contribution < 1.29 is 0 Å². The van der Waals surface area contributed by atoms with E-state index < -0.39 is 0 Å². The Hall–Kier alpha value is -0.540. The Bertz CT molecular complexity index is 429. The molecule has 2 nitrogen and oxygen atoms in total. The van der Waals surface area contributed by atoms with Gasteiger partial charge in [0.2, 0.25) is 0 Å². The van der Waals surface area contributed by atoms with Crippen molar-refractivity contribution in [2.24, 2.45) is 11.7 Å². The summed E-state index contributed by atoms with van der Waals surface area (Å²) in [4.78, 5) is 2.52. The molecule has 1 aliphatic heterocycles. The third-order valence-corrected chi connectivity index (χ3v) is 4.56. The van der Waals surface area contributed by atoms with Gasteiger partial charge in [-0.15, -0.1) is 0 Å². The second-order valence-corrected chi connectivity index (χ2v) is 6.88. The molecular formula is C15H23BrN2. The number of nitrogens with zero attached hydrogens (tertiary/aromatic N) is 1. The number of aryl methyl sites for hydroxylation is 1. The van der Waals surface area contributed by atoms with Crippen molar-refractivity contribution in [3.05, 3.63) is 28.2 Å². The molecule has 18 heavy (non-hydrogen) atoms. The lowest BCUT2D eigenvalue weighted by molar-refractivity contribution is 0.458. The van der Waals surface area contributed by atoms with Gasteiger partial charge in [-0.1, -0.05) is 6.07 Å². The fourth-order valence-electron chi connectivity index (χ4n) is 3.07. The Labute approximate surface area is 119 Å². The second kappa shape index (κ2) is 5.22. The summed E-state index contributed by atoms with van der Waals surface area (Å²) >= 11 is 3.70. The van der Waals surface area contributed by atoms with Crippen LogP contribution in [-0.2, 0) is 0 Å². The summed E-state index contributed by atoms with van der Waals surface area (Å²) < 4.78 is 1.20. The van der Waals surface area contributed by atoms with Gasteiger partial charge in [0.1, 0.15) is 0 Å². The summed E-state index contributed by atoms with van der Waals surface area (Å²) in [5, 5.41) is 0. The summed E-state index contributed by atoms with van der Waals surface area (Å²) in [5.74, 6) is 0.721. The van der Waals surface area contributed by atoms with Crippen LogP contribution in [0.5, 0.6) is 0 Å². The molecule has 2 rings (SSSR count). The highest BCUT2D eigenvalue weighted by Crippen LogP contribution is 2.41. The number of hydrogen-bond acceptors (Lipinski definition) is 2. The van der Waals surface area contributed by atoms with Crippen LogP contribution < -0.4 is 10.6 Å². The van der Waals surface area contributed by atoms with Crippen LogP contribution in [0.2, 0.25) is 0 Å². The summed E-state index contributed by atoms with van der Waals surface area (Å²) in [6.45, 7) is 8.70. The fraction of sp³-hybridized carbons (Fsp3) is 0.600. The molecule has 3 heteroatoms. The molecular weight excluding hydrogens is 288 g/mol. The Kier molecular flexibility index (Phi) is 4.02. The molecule has 100 valence electrons. The van der Waals surface area contributed by atoms with Crippen LogP contribution in [0.4, 0.5) is 5.69 Å². The molecule has 1 heterocycles. The van der Waals surface area contributed by atoms with Crippen molar-refractivity contribution in [2.45, 2.75) is 39.2 Å². The molecule has 0 saturated carbocycles. The predicted molar refractivity (Wildman–Crippen MR) is 82.1 cm³/mol. The molecule has 1 aliphatic rings. The molecule has 0 amide bonds. The highest BCUT2D eigenvalue weighted by Gasteiger charge is 2.38. The minimum atomic E-state index is 0.220. The van der Waals surface area contributed by atoms with E-state index in [1.165, 1.54) is 22.1 Å². The number of nitrogens with two attached hydrogens (primary N) is 1. The molecule has 1 unspecified atom stereocenters. The zero-order chi connectivity index (χ0) is 13.3. The monoisotopic (exact) mass is 310 g/mol. The van der Waals surface area contributed by atoms with E-state index in [-0.39, 0.29) is 5.54 Å². The number of halogens is 1. The fourth-order valence-corrected chi connectivity index (χ4v) is 3.78. The number of rotatable bonds is 3. The molecule has 1 atom stereocenters. The zero-order valence-corrected chi connectivity index (χ0v) is 13.1. The first-order chi connectivity index (χ1) is 8.44. The lowest BCUT2D eigenvalue weighted by Gasteiger charge is -2.34. The Morgan fingerprint density at radius 2 is 2.17 bits per heavy atom. The van der Waals surface area contributed by atoms with Gasteiger partial charge in [-0.2, -0.15) is 0 Å². The van der Waals surface area contributed by atoms with Gasteiger partial charge in [0.15, 0.2) is 0 Å². The molecule has 1 aromatic rings. The second-order valence-electron chi connectivity index (χ2n) is 6.03. The van der Waals surface area contributed by atoms with Gasteiger partial charge in [-0.25, -0.2) is 0 Å². The highest BCUT2D eigenvalue weighted by molar-refractivity contribution is 9.10. The smallest absolute Gasteiger partial charge is 0.0515 e. The van der Waals surface area contributed by atoms with Crippen LogP contribution in [0.15, 0.2) is 22.7 Å². The Morgan fingerprint density at radius 3 is 2.78 bits per heavy atom. The van der Waals surface area contributed by atoms with Crippen LogP contribution in [-0.4, -0.2) is 18.6 Å².